The van der Waals surface area contributed by atoms with Crippen molar-refractivity contribution in [2.24, 2.45) is 0 Å². The van der Waals surface area contributed by atoms with Crippen LogP contribution in [0, 0.1) is 0 Å². The quantitative estimate of drug-likeness (QED) is 0.476. The summed E-state index contributed by atoms with van der Waals surface area (Å²) in [5, 5.41) is 14.7. The molecule has 0 aliphatic heterocycles. The van der Waals surface area contributed by atoms with Gasteiger partial charge in [-0.05, 0) is 22.9 Å². The van der Waals surface area contributed by atoms with Crippen molar-refractivity contribution in [2.45, 2.75) is 0 Å². The molecule has 0 spiro atoms. The highest BCUT2D eigenvalue weighted by atomic mass is 15.3. The fourth-order valence-corrected chi connectivity index (χ4v) is 3.40. The van der Waals surface area contributed by atoms with Crippen LogP contribution in [0.1, 0.15) is 0 Å². The zero-order valence-electron chi connectivity index (χ0n) is 13.4. The van der Waals surface area contributed by atoms with Gasteiger partial charge in [0.1, 0.15) is 0 Å². The van der Waals surface area contributed by atoms with Crippen LogP contribution in [0.25, 0.3) is 38.8 Å². The lowest BCUT2D eigenvalue weighted by Gasteiger charge is -2.10. The Bertz CT molecular complexity index is 1140. The summed E-state index contributed by atoms with van der Waals surface area (Å²) in [7, 11) is 0. The Kier molecular flexibility index (Phi) is 3.07. The normalized spacial score (nSPS) is 11.2. The lowest BCUT2D eigenvalue weighted by atomic mass is 10.1. The van der Waals surface area contributed by atoms with Gasteiger partial charge >= 0.3 is 0 Å². The van der Waals surface area contributed by atoms with Crippen LogP contribution in [0.4, 0.5) is 0 Å². The number of benzene rings is 3. The summed E-state index contributed by atoms with van der Waals surface area (Å²) in [6.07, 6.45) is 1.78. The van der Waals surface area contributed by atoms with Gasteiger partial charge < -0.3 is 0 Å². The molecule has 25 heavy (non-hydrogen) atoms. The summed E-state index contributed by atoms with van der Waals surface area (Å²) >= 11 is 0. The van der Waals surface area contributed by atoms with Crippen molar-refractivity contribution in [3.05, 3.63) is 85.1 Å². The van der Waals surface area contributed by atoms with Crippen LogP contribution < -0.4 is 0 Å². The molecule has 0 aliphatic rings. The zero-order valence-corrected chi connectivity index (χ0v) is 13.4. The second-order valence-corrected chi connectivity index (χ2v) is 5.91. The van der Waals surface area contributed by atoms with Crippen molar-refractivity contribution in [3.8, 4) is 16.9 Å². The van der Waals surface area contributed by atoms with Crippen molar-refractivity contribution in [1.82, 2.24) is 20.0 Å². The molecule has 0 aliphatic carbocycles. The summed E-state index contributed by atoms with van der Waals surface area (Å²) in [4.78, 5) is 0. The topological polar surface area (TPSA) is 43.6 Å². The van der Waals surface area contributed by atoms with Crippen molar-refractivity contribution in [2.75, 3.05) is 0 Å². The van der Waals surface area contributed by atoms with E-state index >= 15 is 0 Å². The van der Waals surface area contributed by atoms with Gasteiger partial charge in [0.05, 0.1) is 17.2 Å². The molecule has 118 valence electrons. The molecule has 0 radical (unpaired) electrons. The van der Waals surface area contributed by atoms with E-state index in [2.05, 4.69) is 80.6 Å². The Labute approximate surface area is 144 Å². The average Bonchev–Trinajstić information content (AvgIpc) is 3.03. The maximum absolute atomic E-state index is 4.40. The van der Waals surface area contributed by atoms with E-state index in [1.807, 2.05) is 18.2 Å². The molecule has 4 nitrogen and oxygen atoms in total. The predicted molar refractivity (Wildman–Crippen MR) is 99.6 cm³/mol. The highest BCUT2D eigenvalue weighted by Gasteiger charge is 2.16. The lowest BCUT2D eigenvalue weighted by molar-refractivity contribution is 0.837. The third kappa shape index (κ3) is 2.11. The van der Waals surface area contributed by atoms with Crippen LogP contribution >= 0.6 is 0 Å². The van der Waals surface area contributed by atoms with E-state index in [9.17, 15) is 0 Å². The Morgan fingerprint density at radius 2 is 1.24 bits per heavy atom. The van der Waals surface area contributed by atoms with Gasteiger partial charge in [0, 0.05) is 16.3 Å². The van der Waals surface area contributed by atoms with E-state index < -0.39 is 0 Å². The fourth-order valence-electron chi connectivity index (χ4n) is 3.40. The van der Waals surface area contributed by atoms with Gasteiger partial charge in [-0.1, -0.05) is 66.7 Å². The number of rotatable bonds is 2. The van der Waals surface area contributed by atoms with Gasteiger partial charge in [0.25, 0.3) is 0 Å². The minimum atomic E-state index is 0.790. The van der Waals surface area contributed by atoms with E-state index in [0.29, 0.717) is 0 Å². The minimum Gasteiger partial charge on any atom is -0.292 e. The molecule has 5 rings (SSSR count). The SMILES string of the molecule is c1ccc(-c2cnnnc2-n2c3ccccc3c3ccccc32)cc1. The van der Waals surface area contributed by atoms with E-state index in [1.54, 1.807) is 6.20 Å². The molecule has 5 aromatic rings. The van der Waals surface area contributed by atoms with Gasteiger partial charge in [-0.15, -0.1) is 10.2 Å². The number of hydrogen-bond acceptors (Lipinski definition) is 3. The van der Waals surface area contributed by atoms with Gasteiger partial charge in [-0.2, -0.15) is 0 Å². The molecule has 3 aromatic carbocycles. The largest absolute Gasteiger partial charge is 0.292 e. The minimum absolute atomic E-state index is 0.790. The molecule has 2 aromatic heterocycles. The first-order valence-electron chi connectivity index (χ1n) is 8.16. The second-order valence-electron chi connectivity index (χ2n) is 5.91. The van der Waals surface area contributed by atoms with Crippen molar-refractivity contribution < 1.29 is 0 Å². The van der Waals surface area contributed by atoms with Crippen molar-refractivity contribution in [1.29, 1.82) is 0 Å². The summed E-state index contributed by atoms with van der Waals surface area (Å²) in [5.74, 6) is 0.790. The third-order valence-electron chi connectivity index (χ3n) is 4.50. The van der Waals surface area contributed by atoms with Crippen molar-refractivity contribution in [3.63, 3.8) is 0 Å². The van der Waals surface area contributed by atoms with Crippen LogP contribution in [-0.2, 0) is 0 Å². The van der Waals surface area contributed by atoms with Crippen LogP contribution in [0.15, 0.2) is 85.1 Å². The second kappa shape index (κ2) is 5.53. The summed E-state index contributed by atoms with van der Waals surface area (Å²) in [5.41, 5.74) is 4.26. The van der Waals surface area contributed by atoms with Crippen LogP contribution in [0.2, 0.25) is 0 Å². The summed E-state index contributed by atoms with van der Waals surface area (Å²) in [6.45, 7) is 0. The third-order valence-corrected chi connectivity index (χ3v) is 4.50. The summed E-state index contributed by atoms with van der Waals surface area (Å²) in [6, 6.07) is 26.9. The van der Waals surface area contributed by atoms with Gasteiger partial charge in [0.2, 0.25) is 0 Å². The zero-order chi connectivity index (χ0) is 16.6. The number of para-hydroxylation sites is 2. The van der Waals surface area contributed by atoms with Crippen LogP contribution in [0.5, 0.6) is 0 Å². The first-order valence-corrected chi connectivity index (χ1v) is 8.16. The smallest absolute Gasteiger partial charge is 0.171 e. The number of aromatic nitrogens is 4. The Morgan fingerprint density at radius 3 is 1.92 bits per heavy atom. The summed E-state index contributed by atoms with van der Waals surface area (Å²) < 4.78 is 2.17. The molecule has 2 heterocycles. The van der Waals surface area contributed by atoms with Gasteiger partial charge in [-0.3, -0.25) is 4.57 Å². The molecule has 0 saturated carbocycles. The fraction of sp³-hybridized carbons (Fsp3) is 0. The Balaban J connectivity index is 1.92. The van der Waals surface area contributed by atoms with Crippen molar-refractivity contribution >= 4 is 21.8 Å². The van der Waals surface area contributed by atoms with Gasteiger partial charge in [-0.25, -0.2) is 0 Å². The van der Waals surface area contributed by atoms with E-state index in [0.717, 1.165) is 28.0 Å². The highest BCUT2D eigenvalue weighted by molar-refractivity contribution is 6.09. The average molecular weight is 322 g/mol. The monoisotopic (exact) mass is 322 g/mol. The predicted octanol–water partition coefficient (Wildman–Crippen LogP) is 4.64. The molecule has 0 N–H and O–H groups in total. The molecular weight excluding hydrogens is 308 g/mol. The number of fused-ring (bicyclic) bond motifs is 3. The molecule has 0 atom stereocenters. The van der Waals surface area contributed by atoms with Crippen LogP contribution in [-0.4, -0.2) is 20.0 Å². The van der Waals surface area contributed by atoms with Gasteiger partial charge in [0.15, 0.2) is 5.82 Å². The van der Waals surface area contributed by atoms with E-state index in [-0.39, 0.29) is 0 Å². The molecule has 0 unspecified atom stereocenters. The Hall–Kier alpha value is -3.53. The van der Waals surface area contributed by atoms with E-state index in [4.69, 9.17) is 0 Å². The van der Waals surface area contributed by atoms with Crippen LogP contribution in [0.3, 0.4) is 0 Å². The number of hydrogen-bond donors (Lipinski definition) is 0. The standard InChI is InChI=1S/C21H14N4/c1-2-8-15(9-3-1)18-14-22-24-23-21(18)25-19-12-6-4-10-16(19)17-11-5-7-13-20(17)25/h1-14H. The Morgan fingerprint density at radius 1 is 0.640 bits per heavy atom. The maximum atomic E-state index is 4.40. The molecule has 4 heteroatoms. The molecule has 0 fully saturated rings. The maximum Gasteiger partial charge on any atom is 0.171 e. The first kappa shape index (κ1) is 13.9. The van der Waals surface area contributed by atoms with E-state index in [1.165, 1.54) is 10.8 Å². The molecule has 0 saturated heterocycles. The number of nitrogens with zero attached hydrogens (tertiary/aromatic N) is 4. The molecule has 0 amide bonds. The molecular formula is C21H14N4. The molecule has 0 bridgehead atoms. The first-order chi connectivity index (χ1) is 12.4. The lowest BCUT2D eigenvalue weighted by Crippen LogP contribution is -2.03. The highest BCUT2D eigenvalue weighted by Crippen LogP contribution is 2.34.